The van der Waals surface area contributed by atoms with E-state index in [9.17, 15) is 14.7 Å². The average Bonchev–Trinajstić information content (AvgIpc) is 3.08. The summed E-state index contributed by atoms with van der Waals surface area (Å²) in [6.45, 7) is 2.97. The topological polar surface area (TPSA) is 69.6 Å². The van der Waals surface area contributed by atoms with Gasteiger partial charge in [0.05, 0.1) is 6.10 Å². The van der Waals surface area contributed by atoms with Crippen LogP contribution in [0.4, 0.5) is 5.69 Å². The third-order valence-electron chi connectivity index (χ3n) is 4.80. The van der Waals surface area contributed by atoms with Crippen LogP contribution >= 0.6 is 0 Å². The number of aliphatic hydroxyl groups excluding tert-OH is 1. The summed E-state index contributed by atoms with van der Waals surface area (Å²) in [6.07, 6.45) is 2.31. The molecule has 2 aliphatic rings. The second-order valence-corrected chi connectivity index (χ2v) is 6.34. The Morgan fingerprint density at radius 3 is 2.82 bits per heavy atom. The Bertz CT molecular complexity index is 587. The van der Waals surface area contributed by atoms with Crippen LogP contribution < -0.4 is 10.2 Å². The minimum Gasteiger partial charge on any atom is -0.393 e. The summed E-state index contributed by atoms with van der Waals surface area (Å²) < 4.78 is 0. The Hall–Kier alpha value is -1.88. The van der Waals surface area contributed by atoms with Crippen molar-refractivity contribution in [2.45, 2.75) is 38.2 Å². The molecule has 22 heavy (non-hydrogen) atoms. The van der Waals surface area contributed by atoms with Crippen molar-refractivity contribution in [3.8, 4) is 0 Å². The molecular weight excluding hydrogens is 280 g/mol. The molecule has 5 nitrogen and oxygen atoms in total. The maximum absolute atomic E-state index is 12.4. The molecule has 2 amide bonds. The molecule has 1 aliphatic heterocycles. The highest BCUT2D eigenvalue weighted by atomic mass is 16.3. The first-order chi connectivity index (χ1) is 10.6. The number of hydrogen-bond donors (Lipinski definition) is 2. The fourth-order valence-electron chi connectivity index (χ4n) is 3.49. The molecule has 0 spiro atoms. The van der Waals surface area contributed by atoms with E-state index in [-0.39, 0.29) is 17.9 Å². The Kier molecular flexibility index (Phi) is 4.16. The van der Waals surface area contributed by atoms with Crippen LogP contribution in [0.25, 0.3) is 0 Å². The normalized spacial score (nSPS) is 26.8. The van der Waals surface area contributed by atoms with Crippen molar-refractivity contribution < 1.29 is 14.7 Å². The number of anilines is 1. The molecule has 0 saturated heterocycles. The Morgan fingerprint density at radius 2 is 2.09 bits per heavy atom. The van der Waals surface area contributed by atoms with E-state index in [1.165, 1.54) is 0 Å². The lowest BCUT2D eigenvalue weighted by Crippen LogP contribution is -2.44. The molecule has 3 rings (SSSR count). The van der Waals surface area contributed by atoms with Crippen molar-refractivity contribution in [1.29, 1.82) is 0 Å². The molecule has 2 N–H and O–H groups in total. The molecule has 0 aromatic heterocycles. The van der Waals surface area contributed by atoms with Crippen LogP contribution in [0.15, 0.2) is 24.3 Å². The smallest absolute Gasteiger partial charge is 0.316 e. The van der Waals surface area contributed by atoms with Gasteiger partial charge >= 0.3 is 11.8 Å². The molecule has 1 aromatic carbocycles. The van der Waals surface area contributed by atoms with Gasteiger partial charge in [-0.2, -0.15) is 0 Å². The maximum atomic E-state index is 12.4. The number of rotatable bonds is 2. The molecule has 3 unspecified atom stereocenters. The van der Waals surface area contributed by atoms with Crippen LogP contribution in [0.1, 0.15) is 37.7 Å². The number of carbonyl (C=O) groups is 2. The molecule has 1 aliphatic carbocycles. The lowest BCUT2D eigenvalue weighted by Gasteiger charge is -2.19. The van der Waals surface area contributed by atoms with Crippen LogP contribution in [0, 0.1) is 5.92 Å². The summed E-state index contributed by atoms with van der Waals surface area (Å²) in [5.74, 6) is -0.779. The summed E-state index contributed by atoms with van der Waals surface area (Å²) in [4.78, 5) is 26.1. The van der Waals surface area contributed by atoms with Crippen molar-refractivity contribution in [2.24, 2.45) is 5.92 Å². The molecule has 5 heteroatoms. The third kappa shape index (κ3) is 2.73. The molecule has 1 aromatic rings. The highest BCUT2D eigenvalue weighted by Gasteiger charge is 2.33. The van der Waals surface area contributed by atoms with Gasteiger partial charge in [0.15, 0.2) is 0 Å². The number of hydrogen-bond acceptors (Lipinski definition) is 3. The van der Waals surface area contributed by atoms with Crippen molar-refractivity contribution in [1.82, 2.24) is 5.32 Å². The van der Waals surface area contributed by atoms with Gasteiger partial charge in [0.2, 0.25) is 0 Å². The van der Waals surface area contributed by atoms with Gasteiger partial charge in [0, 0.05) is 30.6 Å². The average molecular weight is 302 g/mol. The van der Waals surface area contributed by atoms with Gasteiger partial charge in [0.1, 0.15) is 0 Å². The van der Waals surface area contributed by atoms with Gasteiger partial charge < -0.3 is 15.3 Å². The van der Waals surface area contributed by atoms with Crippen molar-refractivity contribution in [3.63, 3.8) is 0 Å². The first-order valence-corrected chi connectivity index (χ1v) is 7.94. The number of fused-ring (bicyclic) bond motifs is 1. The van der Waals surface area contributed by atoms with E-state index < -0.39 is 11.8 Å². The molecular formula is C17H22N2O3. The van der Waals surface area contributed by atoms with Crippen molar-refractivity contribution in [2.75, 3.05) is 18.0 Å². The lowest BCUT2D eigenvalue weighted by molar-refractivity contribution is -0.137. The van der Waals surface area contributed by atoms with Crippen LogP contribution in [0.2, 0.25) is 0 Å². The van der Waals surface area contributed by atoms with E-state index in [1.807, 2.05) is 24.3 Å². The van der Waals surface area contributed by atoms with E-state index in [1.54, 1.807) is 4.90 Å². The third-order valence-corrected chi connectivity index (χ3v) is 4.80. The Labute approximate surface area is 130 Å². The zero-order chi connectivity index (χ0) is 15.7. The van der Waals surface area contributed by atoms with Crippen molar-refractivity contribution >= 4 is 17.5 Å². The van der Waals surface area contributed by atoms with Gasteiger partial charge in [-0.25, -0.2) is 0 Å². The molecule has 0 bridgehead atoms. The summed E-state index contributed by atoms with van der Waals surface area (Å²) in [5.41, 5.74) is 1.94. The summed E-state index contributed by atoms with van der Waals surface area (Å²) in [7, 11) is 0. The summed E-state index contributed by atoms with van der Waals surface area (Å²) in [6, 6.07) is 7.71. The van der Waals surface area contributed by atoms with Crippen LogP contribution in [-0.2, 0) is 9.59 Å². The van der Waals surface area contributed by atoms with Gasteiger partial charge in [-0.15, -0.1) is 0 Å². The number of aliphatic hydroxyl groups is 1. The zero-order valence-electron chi connectivity index (χ0n) is 12.8. The van der Waals surface area contributed by atoms with E-state index in [2.05, 4.69) is 12.2 Å². The van der Waals surface area contributed by atoms with Gasteiger partial charge in [0.25, 0.3) is 0 Å². The predicted molar refractivity (Wildman–Crippen MR) is 83.6 cm³/mol. The Morgan fingerprint density at radius 1 is 1.32 bits per heavy atom. The standard InChI is InChI=1S/C17H22N2O3/c1-11-10-19(14-7-3-2-6-13(11)14)17(22)16(21)18-9-12-5-4-8-15(12)20/h2-3,6-7,11-12,15,20H,4-5,8-10H2,1H3,(H,18,21). The maximum Gasteiger partial charge on any atom is 0.316 e. The first kappa shape index (κ1) is 15.0. The number of benzene rings is 1. The Balaban J connectivity index is 1.63. The molecule has 3 atom stereocenters. The van der Waals surface area contributed by atoms with Gasteiger partial charge in [-0.3, -0.25) is 9.59 Å². The number of nitrogens with one attached hydrogen (secondary N) is 1. The molecule has 1 fully saturated rings. The summed E-state index contributed by atoms with van der Waals surface area (Å²) in [5, 5.41) is 12.5. The first-order valence-electron chi connectivity index (χ1n) is 7.94. The number of para-hydroxylation sites is 1. The SMILES string of the molecule is CC1CN(C(=O)C(=O)NCC2CCCC2O)c2ccccc21. The minimum absolute atomic E-state index is 0.0709. The van der Waals surface area contributed by atoms with E-state index >= 15 is 0 Å². The van der Waals surface area contributed by atoms with E-state index in [0.29, 0.717) is 13.1 Å². The fraction of sp³-hybridized carbons (Fsp3) is 0.529. The zero-order valence-corrected chi connectivity index (χ0v) is 12.8. The molecule has 118 valence electrons. The van der Waals surface area contributed by atoms with Gasteiger partial charge in [-0.05, 0) is 24.5 Å². The summed E-state index contributed by atoms with van der Waals surface area (Å²) >= 11 is 0. The minimum atomic E-state index is -0.581. The monoisotopic (exact) mass is 302 g/mol. The van der Waals surface area contributed by atoms with Gasteiger partial charge in [-0.1, -0.05) is 31.5 Å². The molecule has 1 heterocycles. The van der Waals surface area contributed by atoms with E-state index in [4.69, 9.17) is 0 Å². The number of carbonyl (C=O) groups excluding carboxylic acids is 2. The number of amides is 2. The highest BCUT2D eigenvalue weighted by Crippen LogP contribution is 2.35. The molecule has 0 radical (unpaired) electrons. The highest BCUT2D eigenvalue weighted by molar-refractivity contribution is 6.40. The second-order valence-electron chi connectivity index (χ2n) is 6.34. The number of nitrogens with zero attached hydrogens (tertiary/aromatic N) is 1. The lowest BCUT2D eigenvalue weighted by atomic mass is 10.0. The fourth-order valence-corrected chi connectivity index (χ4v) is 3.49. The molecule has 1 saturated carbocycles. The predicted octanol–water partition coefficient (Wildman–Crippen LogP) is 1.41. The van der Waals surface area contributed by atoms with Crippen molar-refractivity contribution in [3.05, 3.63) is 29.8 Å². The van der Waals surface area contributed by atoms with Crippen LogP contribution in [-0.4, -0.2) is 36.1 Å². The second kappa shape index (κ2) is 6.08. The quantitative estimate of drug-likeness (QED) is 0.812. The van der Waals surface area contributed by atoms with E-state index in [0.717, 1.165) is 30.5 Å². The van der Waals surface area contributed by atoms with Crippen LogP contribution in [0.3, 0.4) is 0 Å². The largest absolute Gasteiger partial charge is 0.393 e. The van der Waals surface area contributed by atoms with Crippen LogP contribution in [0.5, 0.6) is 0 Å².